The van der Waals surface area contributed by atoms with Crippen molar-refractivity contribution in [2.45, 2.75) is 13.3 Å². The minimum absolute atomic E-state index is 0.149. The van der Waals surface area contributed by atoms with Gasteiger partial charge in [0, 0.05) is 24.7 Å². The lowest BCUT2D eigenvalue weighted by molar-refractivity contribution is -0.121. The van der Waals surface area contributed by atoms with Crippen LogP contribution in [0.5, 0.6) is 0 Å². The first-order chi connectivity index (χ1) is 10.1. The number of amides is 1. The Kier molecular flexibility index (Phi) is 3.22. The number of aryl methyl sites for hydroxylation is 1. The quantitative estimate of drug-likeness (QED) is 0.908. The number of para-hydroxylation sites is 1. The number of pyridine rings is 1. The van der Waals surface area contributed by atoms with Gasteiger partial charge in [0.1, 0.15) is 6.07 Å². The molecule has 0 saturated carbocycles. The van der Waals surface area contributed by atoms with E-state index in [2.05, 4.69) is 16.0 Å². The summed E-state index contributed by atoms with van der Waals surface area (Å²) in [5, 5.41) is 10.3. The predicted octanol–water partition coefficient (Wildman–Crippen LogP) is 1.73. The molecule has 1 aliphatic rings. The number of fused-ring (bicyclic) bond motifs is 1. The molecule has 1 amide bonds. The summed E-state index contributed by atoms with van der Waals surface area (Å²) < 4.78 is 0. The average Bonchev–Trinajstić information content (AvgIpc) is 2.96. The van der Waals surface area contributed by atoms with Gasteiger partial charge in [0.2, 0.25) is 5.91 Å². The number of nitrogens with two attached hydrogens (primary N) is 1. The van der Waals surface area contributed by atoms with Crippen LogP contribution in [0, 0.1) is 24.2 Å². The highest BCUT2D eigenvalue weighted by atomic mass is 16.1. The molecule has 21 heavy (non-hydrogen) atoms. The zero-order chi connectivity index (χ0) is 15.0. The van der Waals surface area contributed by atoms with Gasteiger partial charge in [0.15, 0.2) is 0 Å². The van der Waals surface area contributed by atoms with Crippen molar-refractivity contribution in [1.29, 1.82) is 5.26 Å². The lowest BCUT2D eigenvalue weighted by Gasteiger charge is -2.21. The Morgan fingerprint density at radius 2 is 2.33 bits per heavy atom. The largest absolute Gasteiger partial charge is 0.369 e. The molecule has 1 saturated heterocycles. The number of hydrogen-bond donors (Lipinski definition) is 1. The second-order valence-electron chi connectivity index (χ2n) is 5.44. The van der Waals surface area contributed by atoms with Gasteiger partial charge in [-0.3, -0.25) is 9.78 Å². The van der Waals surface area contributed by atoms with Gasteiger partial charge >= 0.3 is 0 Å². The zero-order valence-electron chi connectivity index (χ0n) is 11.8. The number of primary amides is 1. The fourth-order valence-electron chi connectivity index (χ4n) is 2.97. The summed E-state index contributed by atoms with van der Waals surface area (Å²) in [6.07, 6.45) is 2.35. The summed E-state index contributed by atoms with van der Waals surface area (Å²) in [5.41, 5.74) is 8.78. The van der Waals surface area contributed by atoms with E-state index in [4.69, 9.17) is 5.73 Å². The molecule has 5 nitrogen and oxygen atoms in total. The van der Waals surface area contributed by atoms with E-state index in [-0.39, 0.29) is 11.8 Å². The fraction of sp³-hybridized carbons (Fsp3) is 0.312. The molecule has 1 atom stereocenters. The number of rotatable bonds is 2. The highest BCUT2D eigenvalue weighted by Crippen LogP contribution is 2.33. The third-order valence-electron chi connectivity index (χ3n) is 4.10. The van der Waals surface area contributed by atoms with Gasteiger partial charge in [-0.25, -0.2) is 0 Å². The van der Waals surface area contributed by atoms with Gasteiger partial charge in [-0.1, -0.05) is 18.2 Å². The average molecular weight is 280 g/mol. The van der Waals surface area contributed by atoms with Crippen LogP contribution in [0.3, 0.4) is 0 Å². The summed E-state index contributed by atoms with van der Waals surface area (Å²) in [4.78, 5) is 17.8. The van der Waals surface area contributed by atoms with E-state index in [1.54, 1.807) is 6.20 Å². The monoisotopic (exact) mass is 280 g/mol. The Morgan fingerprint density at radius 3 is 3.00 bits per heavy atom. The first-order valence-electron chi connectivity index (χ1n) is 6.94. The molecule has 3 rings (SSSR count). The third-order valence-corrected chi connectivity index (χ3v) is 4.10. The van der Waals surface area contributed by atoms with Crippen molar-refractivity contribution in [3.63, 3.8) is 0 Å². The minimum Gasteiger partial charge on any atom is -0.369 e. The van der Waals surface area contributed by atoms with E-state index in [9.17, 15) is 10.1 Å². The second-order valence-corrected chi connectivity index (χ2v) is 5.44. The van der Waals surface area contributed by atoms with Crippen LogP contribution >= 0.6 is 0 Å². The van der Waals surface area contributed by atoms with Crippen LogP contribution in [0.15, 0.2) is 24.4 Å². The number of carbonyl (C=O) groups is 1. The smallest absolute Gasteiger partial charge is 0.222 e. The normalized spacial score (nSPS) is 17.9. The second kappa shape index (κ2) is 5.06. The molecular weight excluding hydrogens is 264 g/mol. The maximum Gasteiger partial charge on any atom is 0.222 e. The summed E-state index contributed by atoms with van der Waals surface area (Å²) >= 11 is 0. The summed E-state index contributed by atoms with van der Waals surface area (Å²) in [7, 11) is 0. The Hall–Kier alpha value is -2.61. The molecule has 5 heteroatoms. The summed E-state index contributed by atoms with van der Waals surface area (Å²) in [6, 6.07) is 8.15. The molecular formula is C16H16N4O. The van der Waals surface area contributed by atoms with Gasteiger partial charge in [-0.05, 0) is 18.9 Å². The molecule has 1 fully saturated rings. The summed E-state index contributed by atoms with van der Waals surface area (Å²) in [6.45, 7) is 3.30. The number of anilines is 1. The van der Waals surface area contributed by atoms with Crippen LogP contribution < -0.4 is 10.6 Å². The Bertz CT molecular complexity index is 763. The Labute approximate surface area is 123 Å². The summed E-state index contributed by atoms with van der Waals surface area (Å²) in [5.74, 6) is -0.421. The molecule has 0 radical (unpaired) electrons. The van der Waals surface area contributed by atoms with Gasteiger partial charge in [-0.2, -0.15) is 5.26 Å². The number of hydrogen-bond acceptors (Lipinski definition) is 4. The standard InChI is InChI=1S/C16H16N4O/c1-10-3-2-4-13-14(10)19-8-12(7-17)15(13)20-6-5-11(9-20)16(18)21/h2-4,8,11H,5-6,9H2,1H3,(H2,18,21)/t11-/m1/s1. The molecule has 1 aliphatic heterocycles. The van der Waals surface area contributed by atoms with Crippen molar-refractivity contribution in [2.75, 3.05) is 18.0 Å². The number of benzene rings is 1. The van der Waals surface area contributed by atoms with E-state index >= 15 is 0 Å². The van der Waals surface area contributed by atoms with E-state index in [0.717, 1.165) is 35.1 Å². The van der Waals surface area contributed by atoms with Gasteiger partial charge in [0.25, 0.3) is 0 Å². The van der Waals surface area contributed by atoms with Crippen LogP contribution in [0.1, 0.15) is 17.5 Å². The van der Waals surface area contributed by atoms with Gasteiger partial charge < -0.3 is 10.6 Å². The van der Waals surface area contributed by atoms with Crippen LogP contribution in [0.2, 0.25) is 0 Å². The molecule has 0 spiro atoms. The van der Waals surface area contributed by atoms with Crippen molar-refractivity contribution in [3.05, 3.63) is 35.5 Å². The first-order valence-corrected chi connectivity index (χ1v) is 6.94. The van der Waals surface area contributed by atoms with Crippen molar-refractivity contribution < 1.29 is 4.79 Å². The number of nitrogens with zero attached hydrogens (tertiary/aromatic N) is 3. The SMILES string of the molecule is Cc1cccc2c(N3CC[C@@H](C(N)=O)C3)c(C#N)cnc12. The highest BCUT2D eigenvalue weighted by molar-refractivity contribution is 5.96. The molecule has 106 valence electrons. The van der Waals surface area contributed by atoms with E-state index < -0.39 is 0 Å². The number of carbonyl (C=O) groups excluding carboxylic acids is 1. The van der Waals surface area contributed by atoms with Gasteiger partial charge in [-0.15, -0.1) is 0 Å². The predicted molar refractivity (Wildman–Crippen MR) is 80.7 cm³/mol. The Morgan fingerprint density at radius 1 is 1.52 bits per heavy atom. The number of aromatic nitrogens is 1. The van der Waals surface area contributed by atoms with Crippen LogP contribution in [-0.4, -0.2) is 24.0 Å². The highest BCUT2D eigenvalue weighted by Gasteiger charge is 2.29. The van der Waals surface area contributed by atoms with E-state index in [0.29, 0.717) is 12.1 Å². The lowest BCUT2D eigenvalue weighted by atomic mass is 10.1. The molecule has 1 aromatic heterocycles. The molecule has 2 aromatic rings. The van der Waals surface area contributed by atoms with E-state index in [1.807, 2.05) is 25.1 Å². The Balaban J connectivity index is 2.15. The molecule has 0 bridgehead atoms. The van der Waals surface area contributed by atoms with Crippen LogP contribution in [0.4, 0.5) is 5.69 Å². The van der Waals surface area contributed by atoms with E-state index in [1.165, 1.54) is 0 Å². The molecule has 0 aliphatic carbocycles. The maximum absolute atomic E-state index is 11.4. The van der Waals surface area contributed by atoms with Crippen LogP contribution in [-0.2, 0) is 4.79 Å². The zero-order valence-corrected chi connectivity index (χ0v) is 11.8. The molecule has 2 heterocycles. The van der Waals surface area contributed by atoms with Crippen LogP contribution in [0.25, 0.3) is 10.9 Å². The fourth-order valence-corrected chi connectivity index (χ4v) is 2.97. The molecule has 1 aromatic carbocycles. The number of nitriles is 1. The van der Waals surface area contributed by atoms with Crippen molar-refractivity contribution in [1.82, 2.24) is 4.98 Å². The maximum atomic E-state index is 11.4. The van der Waals surface area contributed by atoms with Gasteiger partial charge in [0.05, 0.1) is 22.7 Å². The van der Waals surface area contributed by atoms with Crippen molar-refractivity contribution in [3.8, 4) is 6.07 Å². The molecule has 2 N–H and O–H groups in total. The van der Waals surface area contributed by atoms with Crippen molar-refractivity contribution in [2.24, 2.45) is 11.7 Å². The third kappa shape index (κ3) is 2.19. The first kappa shape index (κ1) is 13.4. The van der Waals surface area contributed by atoms with Crippen molar-refractivity contribution >= 4 is 22.5 Å². The minimum atomic E-state index is -0.273. The topological polar surface area (TPSA) is 83.0 Å². The lowest BCUT2D eigenvalue weighted by Crippen LogP contribution is -2.27. The molecule has 0 unspecified atom stereocenters.